The van der Waals surface area contributed by atoms with Gasteiger partial charge in [0.25, 0.3) is 0 Å². The van der Waals surface area contributed by atoms with E-state index in [-0.39, 0.29) is 24.5 Å². The van der Waals surface area contributed by atoms with Crippen molar-refractivity contribution in [1.29, 1.82) is 0 Å². The van der Waals surface area contributed by atoms with E-state index in [1.165, 1.54) is 0 Å². The zero-order chi connectivity index (χ0) is 12.8. The fraction of sp³-hybridized carbons (Fsp3) is 0.727. The van der Waals surface area contributed by atoms with Crippen LogP contribution in [0, 0.1) is 12.3 Å². The van der Waals surface area contributed by atoms with Crippen LogP contribution in [0.3, 0.4) is 0 Å². The molecule has 16 heavy (non-hydrogen) atoms. The van der Waals surface area contributed by atoms with Gasteiger partial charge >= 0.3 is 0 Å². The van der Waals surface area contributed by atoms with Gasteiger partial charge in [-0.2, -0.15) is 0 Å². The van der Waals surface area contributed by atoms with Crippen LogP contribution in [0.5, 0.6) is 0 Å². The van der Waals surface area contributed by atoms with Crippen molar-refractivity contribution >= 4 is 15.6 Å². The first-order valence-electron chi connectivity index (χ1n) is 5.09. The Labute approximate surface area is 97.7 Å². The molecule has 0 amide bonds. The van der Waals surface area contributed by atoms with Gasteiger partial charge in [0.1, 0.15) is 5.78 Å². The number of carbonyl (C=O) groups excluding carboxylic acids is 1. The van der Waals surface area contributed by atoms with E-state index in [2.05, 4.69) is 11.2 Å². The van der Waals surface area contributed by atoms with Gasteiger partial charge in [0.15, 0.2) is 9.84 Å². The summed E-state index contributed by atoms with van der Waals surface area (Å²) < 4.78 is 22.6. The molecule has 0 aromatic carbocycles. The molecule has 0 aliphatic carbocycles. The summed E-state index contributed by atoms with van der Waals surface area (Å²) in [4.78, 5) is 11.3. The lowest BCUT2D eigenvalue weighted by atomic mass is 10.3. The van der Waals surface area contributed by atoms with Crippen LogP contribution in [-0.4, -0.2) is 37.8 Å². The molecule has 1 N–H and O–H groups in total. The highest BCUT2D eigenvalue weighted by molar-refractivity contribution is 7.92. The van der Waals surface area contributed by atoms with Crippen LogP contribution >= 0.6 is 0 Å². The molecule has 0 aromatic heterocycles. The van der Waals surface area contributed by atoms with Gasteiger partial charge in [-0.1, -0.05) is 5.92 Å². The molecular weight excluding hydrogens is 226 g/mol. The number of ketones is 1. The fourth-order valence-corrected chi connectivity index (χ4v) is 2.03. The minimum absolute atomic E-state index is 0.0389. The van der Waals surface area contributed by atoms with Crippen LogP contribution in [0.15, 0.2) is 0 Å². The van der Waals surface area contributed by atoms with Crippen molar-refractivity contribution in [1.82, 2.24) is 5.32 Å². The van der Waals surface area contributed by atoms with Crippen LogP contribution in [0.1, 0.15) is 27.2 Å². The number of Topliss-reactive ketones (excluding diaryl/α,β-unsaturated/α-hetero) is 1. The molecule has 0 saturated carbocycles. The first-order chi connectivity index (χ1) is 7.20. The van der Waals surface area contributed by atoms with E-state index in [0.717, 1.165) is 0 Å². The van der Waals surface area contributed by atoms with Crippen molar-refractivity contribution in [3.8, 4) is 12.3 Å². The number of terminal acetylenes is 1. The zero-order valence-corrected chi connectivity index (χ0v) is 10.9. The van der Waals surface area contributed by atoms with Crippen LogP contribution in [0.4, 0.5) is 0 Å². The Morgan fingerprint density at radius 1 is 1.38 bits per heavy atom. The molecule has 4 nitrogen and oxygen atoms in total. The summed E-state index contributed by atoms with van der Waals surface area (Å²) in [5.41, 5.74) is 0. The average molecular weight is 245 g/mol. The van der Waals surface area contributed by atoms with Crippen LogP contribution < -0.4 is 5.32 Å². The predicted octanol–water partition coefficient (Wildman–Crippen LogP) is 0.382. The number of hydrogen-bond donors (Lipinski definition) is 1. The summed E-state index contributed by atoms with van der Waals surface area (Å²) in [6.07, 6.45) is 5.03. The van der Waals surface area contributed by atoms with Gasteiger partial charge < -0.3 is 0 Å². The SMILES string of the molecule is C#CCNCC(=O)CCS(=O)(=O)C(C)(C)C. The Morgan fingerprint density at radius 2 is 1.94 bits per heavy atom. The molecule has 0 aliphatic rings. The van der Waals surface area contributed by atoms with Gasteiger partial charge in [0.2, 0.25) is 0 Å². The van der Waals surface area contributed by atoms with Gasteiger partial charge in [-0.15, -0.1) is 6.42 Å². The quantitative estimate of drug-likeness (QED) is 0.543. The second kappa shape index (κ2) is 6.02. The molecule has 0 bridgehead atoms. The van der Waals surface area contributed by atoms with Crippen molar-refractivity contribution in [3.63, 3.8) is 0 Å². The highest BCUT2D eigenvalue weighted by Crippen LogP contribution is 2.16. The minimum atomic E-state index is -3.21. The van der Waals surface area contributed by atoms with E-state index in [0.29, 0.717) is 6.54 Å². The molecule has 0 rings (SSSR count). The van der Waals surface area contributed by atoms with E-state index in [1.54, 1.807) is 20.8 Å². The van der Waals surface area contributed by atoms with Gasteiger partial charge in [0.05, 0.1) is 23.6 Å². The molecule has 92 valence electrons. The van der Waals surface area contributed by atoms with Crippen LogP contribution in [0.25, 0.3) is 0 Å². The topological polar surface area (TPSA) is 63.2 Å². The average Bonchev–Trinajstić information content (AvgIpc) is 2.13. The molecule has 0 aromatic rings. The lowest BCUT2D eigenvalue weighted by Gasteiger charge is -2.18. The monoisotopic (exact) mass is 245 g/mol. The molecule has 0 radical (unpaired) electrons. The Morgan fingerprint density at radius 3 is 2.38 bits per heavy atom. The van der Waals surface area contributed by atoms with Gasteiger partial charge in [-0.3, -0.25) is 10.1 Å². The summed E-state index contributed by atoms with van der Waals surface area (Å²) in [6.45, 7) is 5.33. The normalized spacial score (nSPS) is 12.1. The number of nitrogens with one attached hydrogen (secondary N) is 1. The third kappa shape index (κ3) is 5.29. The largest absolute Gasteiger partial charge is 0.299 e. The molecule has 0 heterocycles. The lowest BCUT2D eigenvalue weighted by molar-refractivity contribution is -0.117. The van der Waals surface area contributed by atoms with E-state index in [9.17, 15) is 13.2 Å². The van der Waals surface area contributed by atoms with Crippen molar-refractivity contribution in [2.45, 2.75) is 31.9 Å². The van der Waals surface area contributed by atoms with E-state index < -0.39 is 14.6 Å². The smallest absolute Gasteiger partial charge is 0.155 e. The Bertz CT molecular complexity index is 371. The van der Waals surface area contributed by atoms with Gasteiger partial charge in [0, 0.05) is 6.42 Å². The summed E-state index contributed by atoms with van der Waals surface area (Å²) in [5.74, 6) is 2.10. The second-order valence-electron chi connectivity index (χ2n) is 4.53. The van der Waals surface area contributed by atoms with E-state index in [4.69, 9.17) is 6.42 Å². The number of carbonyl (C=O) groups is 1. The predicted molar refractivity (Wildman–Crippen MR) is 64.9 cm³/mol. The summed E-state index contributed by atoms with van der Waals surface area (Å²) in [7, 11) is -3.21. The van der Waals surface area contributed by atoms with Crippen molar-refractivity contribution in [2.75, 3.05) is 18.8 Å². The molecule has 0 fully saturated rings. The molecule has 0 atom stereocenters. The minimum Gasteiger partial charge on any atom is -0.299 e. The number of rotatable bonds is 6. The maximum Gasteiger partial charge on any atom is 0.155 e. The molecule has 0 unspecified atom stereocenters. The molecule has 0 spiro atoms. The molecule has 0 aliphatic heterocycles. The van der Waals surface area contributed by atoms with Crippen LogP contribution in [0.2, 0.25) is 0 Å². The highest BCUT2D eigenvalue weighted by Gasteiger charge is 2.28. The first kappa shape index (κ1) is 15.1. The third-order valence-corrected chi connectivity index (χ3v) is 4.74. The second-order valence-corrected chi connectivity index (χ2v) is 7.39. The Kier molecular flexibility index (Phi) is 5.70. The molecule has 0 saturated heterocycles. The van der Waals surface area contributed by atoms with Crippen LogP contribution in [-0.2, 0) is 14.6 Å². The molecular formula is C11H19NO3S. The van der Waals surface area contributed by atoms with Crippen molar-refractivity contribution in [2.24, 2.45) is 0 Å². The van der Waals surface area contributed by atoms with Crippen molar-refractivity contribution in [3.05, 3.63) is 0 Å². The number of sulfone groups is 1. The number of hydrogen-bond acceptors (Lipinski definition) is 4. The summed E-state index contributed by atoms with van der Waals surface area (Å²) in [6, 6.07) is 0. The maximum absolute atomic E-state index is 11.7. The van der Waals surface area contributed by atoms with Crippen molar-refractivity contribution < 1.29 is 13.2 Å². The summed E-state index contributed by atoms with van der Waals surface area (Å²) >= 11 is 0. The van der Waals surface area contributed by atoms with E-state index >= 15 is 0 Å². The lowest BCUT2D eigenvalue weighted by Crippen LogP contribution is -2.32. The fourth-order valence-electron chi connectivity index (χ4n) is 0.917. The Balaban J connectivity index is 4.08. The van der Waals surface area contributed by atoms with Gasteiger partial charge in [-0.05, 0) is 20.8 Å². The van der Waals surface area contributed by atoms with E-state index in [1.807, 2.05) is 0 Å². The first-order valence-corrected chi connectivity index (χ1v) is 6.74. The molecule has 5 heteroatoms. The highest BCUT2D eigenvalue weighted by atomic mass is 32.2. The summed E-state index contributed by atoms with van der Waals surface area (Å²) in [5, 5.41) is 2.73. The third-order valence-electron chi connectivity index (χ3n) is 2.13. The Hall–Kier alpha value is -0.860. The van der Waals surface area contributed by atoms with Gasteiger partial charge in [-0.25, -0.2) is 8.42 Å². The zero-order valence-electron chi connectivity index (χ0n) is 10.0. The standard InChI is InChI=1S/C11H19NO3S/c1-5-7-12-9-10(13)6-8-16(14,15)11(2,3)4/h1,12H,6-9H2,2-4H3. The maximum atomic E-state index is 11.7.